The van der Waals surface area contributed by atoms with Gasteiger partial charge in [-0.2, -0.15) is 0 Å². The maximum absolute atomic E-state index is 6.85. The van der Waals surface area contributed by atoms with E-state index >= 15 is 0 Å². The fourth-order valence-corrected chi connectivity index (χ4v) is 13.5. The predicted octanol–water partition coefficient (Wildman–Crippen LogP) is 22.4. The van der Waals surface area contributed by atoms with Crippen LogP contribution in [-0.2, 0) is 52.2 Å². The fourth-order valence-electron chi connectivity index (χ4n) is 13.5. The van der Waals surface area contributed by atoms with Gasteiger partial charge in [0.2, 0.25) is 0 Å². The number of benzene rings is 11. The molecule has 7 heteroatoms. The normalized spacial score (nSPS) is 11.5. The maximum Gasteiger partial charge on any atom is 3.00 e. The van der Waals surface area contributed by atoms with Crippen molar-refractivity contribution in [2.45, 2.75) is 71.6 Å². The summed E-state index contributed by atoms with van der Waals surface area (Å²) in [7, 11) is 0. The molecule has 5 aromatic heterocycles. The summed E-state index contributed by atoms with van der Waals surface area (Å²) in [6.07, 6.45) is 12.6. The van der Waals surface area contributed by atoms with Crippen molar-refractivity contribution in [1.29, 1.82) is 0 Å². The van der Waals surface area contributed by atoms with E-state index in [-0.39, 0.29) is 31.9 Å². The fraction of sp³-hybridized carbons (Fsp3) is 0.125. The molecule has 0 N–H and O–H groups in total. The Morgan fingerprint density at radius 3 is 1.76 bits per heavy atom. The van der Waals surface area contributed by atoms with Gasteiger partial charge in [0.15, 0.2) is 0 Å². The van der Waals surface area contributed by atoms with E-state index in [1.165, 1.54) is 61.2 Å². The summed E-state index contributed by atoms with van der Waals surface area (Å²) >= 11 is 0. The van der Waals surface area contributed by atoms with Crippen molar-refractivity contribution < 1.29 is 28.9 Å². The Morgan fingerprint density at radius 2 is 1.02 bits per heavy atom. The van der Waals surface area contributed by atoms with E-state index in [9.17, 15) is 0 Å². The topological polar surface area (TPSA) is 69.9 Å². The minimum absolute atomic E-state index is 0. The monoisotopic (exact) mass is 1410 g/mol. The van der Waals surface area contributed by atoms with Gasteiger partial charge in [-0.05, 0) is 165 Å². The SMILES string of the molecule is CC(C)c1cc(-c2ccc3c(c2)oc2ccccc23)cc(C(C)C)c1-n1ccnc1-c1[c-]ccc2c1oc1c3ccc(-c4ccccc4)cc3ccc21.[Ir+3].[c-]1ccccc1-c1cc(CCc2ccccc2Cc2ccccc2CCc2cc[c-]c(-c3ccccn3)c2)ccn1. The van der Waals surface area contributed by atoms with Crippen LogP contribution in [0.4, 0.5) is 0 Å². The van der Waals surface area contributed by atoms with Crippen LogP contribution in [0.3, 0.4) is 0 Å². The number of hydrogen-bond donors (Lipinski definition) is 0. The molecule has 0 aliphatic heterocycles. The zero-order valence-corrected chi connectivity index (χ0v) is 56.0. The quantitative estimate of drug-likeness (QED) is 0.0902. The minimum Gasteiger partial charge on any atom is -0.500 e. The first-order chi connectivity index (χ1) is 46.2. The molecular formula is C88H69IrN4O2. The van der Waals surface area contributed by atoms with Crippen LogP contribution in [0.15, 0.2) is 282 Å². The molecule has 11 aromatic carbocycles. The summed E-state index contributed by atoms with van der Waals surface area (Å²) in [5.74, 6) is 1.32. The van der Waals surface area contributed by atoms with E-state index in [1.807, 2.05) is 79.3 Å². The van der Waals surface area contributed by atoms with Crippen LogP contribution in [0.5, 0.6) is 0 Å². The second kappa shape index (κ2) is 27.6. The number of fused-ring (bicyclic) bond motifs is 8. The molecule has 95 heavy (non-hydrogen) atoms. The molecular weight excluding hydrogens is 1340 g/mol. The van der Waals surface area contributed by atoms with E-state index in [4.69, 9.17) is 13.8 Å². The molecule has 0 aliphatic rings. The van der Waals surface area contributed by atoms with Crippen molar-refractivity contribution in [1.82, 2.24) is 19.5 Å². The van der Waals surface area contributed by atoms with Crippen LogP contribution in [0.2, 0.25) is 0 Å². The summed E-state index contributed by atoms with van der Waals surface area (Å²) in [4.78, 5) is 14.1. The van der Waals surface area contributed by atoms with Crippen LogP contribution in [0, 0.1) is 18.2 Å². The van der Waals surface area contributed by atoms with Crippen LogP contribution < -0.4 is 0 Å². The van der Waals surface area contributed by atoms with E-state index in [1.54, 1.807) is 0 Å². The molecule has 0 spiro atoms. The van der Waals surface area contributed by atoms with Crippen molar-refractivity contribution in [2.24, 2.45) is 0 Å². The molecule has 0 atom stereocenters. The van der Waals surface area contributed by atoms with Crippen molar-refractivity contribution in [2.75, 3.05) is 0 Å². The molecule has 6 nitrogen and oxygen atoms in total. The zero-order chi connectivity index (χ0) is 63.5. The van der Waals surface area contributed by atoms with E-state index < -0.39 is 0 Å². The number of pyridine rings is 2. The second-order valence-electron chi connectivity index (χ2n) is 25.0. The first-order valence-corrected chi connectivity index (χ1v) is 32.7. The summed E-state index contributed by atoms with van der Waals surface area (Å²) in [5, 5.41) is 6.66. The molecule has 462 valence electrons. The van der Waals surface area contributed by atoms with Gasteiger partial charge in [-0.1, -0.05) is 190 Å². The van der Waals surface area contributed by atoms with Gasteiger partial charge in [0, 0.05) is 52.0 Å². The molecule has 0 aliphatic carbocycles. The molecule has 0 saturated heterocycles. The molecule has 0 amide bonds. The van der Waals surface area contributed by atoms with E-state index in [0.29, 0.717) is 0 Å². The summed E-state index contributed by atoms with van der Waals surface area (Å²) in [5.41, 5.74) is 25.0. The Balaban J connectivity index is 0.000000168. The summed E-state index contributed by atoms with van der Waals surface area (Å²) in [6.45, 7) is 9.08. The van der Waals surface area contributed by atoms with E-state index in [2.05, 4.69) is 255 Å². The third-order valence-electron chi connectivity index (χ3n) is 18.4. The van der Waals surface area contributed by atoms with Crippen molar-refractivity contribution in [3.63, 3.8) is 0 Å². The minimum atomic E-state index is 0. The average Bonchev–Trinajstić information content (AvgIpc) is 1.63. The second-order valence-corrected chi connectivity index (χ2v) is 25.0. The third kappa shape index (κ3) is 12.9. The Morgan fingerprint density at radius 1 is 0.389 bits per heavy atom. The van der Waals surface area contributed by atoms with Crippen molar-refractivity contribution in [3.8, 4) is 61.8 Å². The standard InChI is InChI=1S/C49H37N2O2.C39H32N2.Ir/c1-29(2)42-26-35(33-18-21-38-37-13-8-9-16-44(37)52-45(38)28-33)27-43(30(3)4)46(42)51-24-23-50-49(51)41-15-10-14-39-40-22-19-34-25-32(31-11-6-5-7-12-31)17-20-36(34)47(40)53-48(39)41;1-2-14-34(15-3-1)39-28-31(24-26-41-39)21-23-33-13-5-7-17-36(33)29-35-16-6-4-12-32(35)22-20-30-11-10-18-37(27-30)38-19-8-9-25-40-38;/h5-14,16-30H,1-4H3;1-14,16-17,19,24-28H,20-23,29H2;/q-1;-2;+3. The van der Waals surface area contributed by atoms with Gasteiger partial charge in [-0.3, -0.25) is 4.98 Å². The number of hydrogen-bond acceptors (Lipinski definition) is 5. The van der Waals surface area contributed by atoms with Gasteiger partial charge in [-0.25, -0.2) is 0 Å². The molecule has 0 bridgehead atoms. The molecule has 16 aromatic rings. The average molecular weight is 1410 g/mol. The first kappa shape index (κ1) is 61.9. The smallest absolute Gasteiger partial charge is 0.500 e. The van der Waals surface area contributed by atoms with Gasteiger partial charge < -0.3 is 23.4 Å². The van der Waals surface area contributed by atoms with Gasteiger partial charge in [0.05, 0.1) is 11.4 Å². The molecule has 16 rings (SSSR count). The number of aromatic nitrogens is 4. The number of furan rings is 2. The maximum atomic E-state index is 6.85. The number of rotatable bonds is 16. The van der Waals surface area contributed by atoms with Gasteiger partial charge in [0.1, 0.15) is 16.7 Å². The molecule has 5 heterocycles. The number of para-hydroxylation sites is 1. The number of imidazole rings is 1. The van der Waals surface area contributed by atoms with Gasteiger partial charge >= 0.3 is 20.1 Å². The molecule has 0 radical (unpaired) electrons. The zero-order valence-electron chi connectivity index (χ0n) is 53.6. The number of aryl methyl sites for hydroxylation is 4. The molecule has 0 fully saturated rings. The summed E-state index contributed by atoms with van der Waals surface area (Å²) < 4.78 is 15.4. The largest absolute Gasteiger partial charge is 3.00 e. The van der Waals surface area contributed by atoms with Crippen molar-refractivity contribution in [3.05, 3.63) is 336 Å². The van der Waals surface area contributed by atoms with Crippen LogP contribution in [-0.4, -0.2) is 19.5 Å². The van der Waals surface area contributed by atoms with Crippen molar-refractivity contribution >= 4 is 54.6 Å². The van der Waals surface area contributed by atoms with Gasteiger partial charge in [-0.15, -0.1) is 89.5 Å². The summed E-state index contributed by atoms with van der Waals surface area (Å²) in [6, 6.07) is 97.9. The first-order valence-electron chi connectivity index (χ1n) is 32.7. The van der Waals surface area contributed by atoms with Crippen LogP contribution >= 0.6 is 0 Å². The third-order valence-corrected chi connectivity index (χ3v) is 18.4. The predicted molar refractivity (Wildman–Crippen MR) is 386 cm³/mol. The molecule has 0 saturated carbocycles. The Bertz CT molecular complexity index is 5220. The molecule has 0 unspecified atom stereocenters. The Labute approximate surface area is 569 Å². The van der Waals surface area contributed by atoms with E-state index in [0.717, 1.165) is 132 Å². The van der Waals surface area contributed by atoms with Crippen LogP contribution in [0.1, 0.15) is 84.0 Å². The Kier molecular flexibility index (Phi) is 18.0. The Hall–Kier alpha value is -10.6. The van der Waals surface area contributed by atoms with Gasteiger partial charge in [0.25, 0.3) is 0 Å². The number of nitrogens with zero attached hydrogens (tertiary/aromatic N) is 4. The van der Waals surface area contributed by atoms with Crippen LogP contribution in [0.25, 0.3) is 116 Å².